The highest BCUT2D eigenvalue weighted by molar-refractivity contribution is 5.47. The molecular formula is C25H32O7. The number of hydrogen-bond donors (Lipinski definition) is 1. The van der Waals surface area contributed by atoms with Crippen LogP contribution in [0.2, 0.25) is 0 Å². The first-order valence-corrected chi connectivity index (χ1v) is 12.4. The predicted octanol–water partition coefficient (Wildman–Crippen LogP) is 3.99. The molecule has 3 spiro atoms. The van der Waals surface area contributed by atoms with E-state index in [1.54, 1.807) is 6.07 Å². The van der Waals surface area contributed by atoms with E-state index in [9.17, 15) is 5.11 Å². The molecule has 4 aliphatic heterocycles. The van der Waals surface area contributed by atoms with Crippen LogP contribution in [0.5, 0.6) is 5.75 Å². The Morgan fingerprint density at radius 3 is 2.31 bits per heavy atom. The van der Waals surface area contributed by atoms with E-state index in [2.05, 4.69) is 0 Å². The summed E-state index contributed by atoms with van der Waals surface area (Å²) < 4.78 is 39.3. The van der Waals surface area contributed by atoms with E-state index in [1.165, 1.54) is 12.8 Å². The first-order chi connectivity index (χ1) is 15.6. The van der Waals surface area contributed by atoms with Crippen LogP contribution in [0, 0.1) is 0 Å². The summed E-state index contributed by atoms with van der Waals surface area (Å²) in [6, 6.07) is 5.61. The Bertz CT molecular complexity index is 890. The van der Waals surface area contributed by atoms with Crippen LogP contribution in [0.15, 0.2) is 18.2 Å². The standard InChI is InChI=1S/C25H32O7/c26-18-9-7-8-17-16(18)14-28-25(17)20(19-15-27-23(30-19)10-3-1-4-11-23)29-22-21(25)31-24(32-22)12-5-2-6-13-24/h7-9,19-22,26H,1-6,10-15H2/t19-,20-,21+,22-,25+/m1/s1. The lowest BCUT2D eigenvalue weighted by molar-refractivity contribution is -0.279. The molecule has 0 amide bonds. The van der Waals surface area contributed by atoms with Crippen molar-refractivity contribution in [1.29, 1.82) is 0 Å². The molecule has 0 unspecified atom stereocenters. The monoisotopic (exact) mass is 444 g/mol. The van der Waals surface area contributed by atoms with Gasteiger partial charge in [0.05, 0.1) is 13.2 Å². The lowest BCUT2D eigenvalue weighted by atomic mass is 9.81. The molecule has 7 heteroatoms. The minimum absolute atomic E-state index is 0.250. The van der Waals surface area contributed by atoms with Crippen LogP contribution in [0.4, 0.5) is 0 Å². The van der Waals surface area contributed by atoms with Crippen molar-refractivity contribution in [1.82, 2.24) is 0 Å². The Balaban J connectivity index is 1.26. The van der Waals surface area contributed by atoms with Crippen molar-refractivity contribution in [2.45, 2.75) is 113 Å². The van der Waals surface area contributed by atoms with Gasteiger partial charge in [0.2, 0.25) is 0 Å². The van der Waals surface area contributed by atoms with Crippen molar-refractivity contribution in [2.75, 3.05) is 6.61 Å². The molecule has 0 radical (unpaired) electrons. The van der Waals surface area contributed by atoms with Gasteiger partial charge < -0.3 is 33.5 Å². The molecule has 0 aromatic heterocycles. The Morgan fingerprint density at radius 1 is 0.781 bits per heavy atom. The summed E-state index contributed by atoms with van der Waals surface area (Å²) in [5.41, 5.74) is 0.856. The average Bonchev–Trinajstić information content (AvgIpc) is 3.54. The largest absolute Gasteiger partial charge is 0.508 e. The molecule has 7 rings (SSSR count). The molecule has 7 nitrogen and oxygen atoms in total. The zero-order valence-electron chi connectivity index (χ0n) is 18.4. The summed E-state index contributed by atoms with van der Waals surface area (Å²) in [5, 5.41) is 10.6. The summed E-state index contributed by atoms with van der Waals surface area (Å²) in [4.78, 5) is 0. The van der Waals surface area contributed by atoms with E-state index in [0.29, 0.717) is 13.2 Å². The smallest absolute Gasteiger partial charge is 0.191 e. The van der Waals surface area contributed by atoms with Gasteiger partial charge in [-0.05, 0) is 37.3 Å². The number of benzene rings is 1. The highest BCUT2D eigenvalue weighted by Gasteiger charge is 2.71. The topological polar surface area (TPSA) is 75.6 Å². The van der Waals surface area contributed by atoms with Crippen molar-refractivity contribution in [2.24, 2.45) is 0 Å². The van der Waals surface area contributed by atoms with E-state index < -0.39 is 35.7 Å². The zero-order valence-corrected chi connectivity index (χ0v) is 18.4. The van der Waals surface area contributed by atoms with Crippen LogP contribution in [0.3, 0.4) is 0 Å². The summed E-state index contributed by atoms with van der Waals surface area (Å²) in [5.74, 6) is -0.843. The molecular weight excluding hydrogens is 412 g/mol. The van der Waals surface area contributed by atoms with Crippen LogP contribution in [-0.4, -0.2) is 47.9 Å². The third kappa shape index (κ3) is 2.76. The minimum atomic E-state index is -0.881. The fraction of sp³-hybridized carbons (Fsp3) is 0.760. The van der Waals surface area contributed by atoms with Gasteiger partial charge in [0.1, 0.15) is 24.1 Å². The number of fused-ring (bicyclic) bond motifs is 4. The molecule has 1 aromatic carbocycles. The number of phenolic OH excluding ortho intramolecular Hbond substituents is 1. The molecule has 174 valence electrons. The molecule has 2 saturated carbocycles. The van der Waals surface area contributed by atoms with Crippen LogP contribution in [-0.2, 0) is 40.6 Å². The predicted molar refractivity (Wildman–Crippen MR) is 112 cm³/mol. The van der Waals surface area contributed by atoms with E-state index >= 15 is 0 Å². The van der Waals surface area contributed by atoms with Gasteiger partial charge in [-0.1, -0.05) is 25.0 Å². The maximum Gasteiger partial charge on any atom is 0.191 e. The van der Waals surface area contributed by atoms with Crippen LogP contribution >= 0.6 is 0 Å². The van der Waals surface area contributed by atoms with Gasteiger partial charge in [-0.2, -0.15) is 0 Å². The van der Waals surface area contributed by atoms with Crippen LogP contribution in [0.1, 0.15) is 75.3 Å². The van der Waals surface area contributed by atoms with Crippen molar-refractivity contribution >= 4 is 0 Å². The van der Waals surface area contributed by atoms with Gasteiger partial charge in [-0.15, -0.1) is 0 Å². The maximum atomic E-state index is 10.6. The number of hydrogen-bond acceptors (Lipinski definition) is 7. The van der Waals surface area contributed by atoms with Gasteiger partial charge in [0.15, 0.2) is 23.5 Å². The molecule has 2 aliphatic carbocycles. The Hall–Kier alpha value is -1.22. The highest BCUT2D eigenvalue weighted by Crippen LogP contribution is 2.59. The summed E-state index contributed by atoms with van der Waals surface area (Å²) >= 11 is 0. The average molecular weight is 445 g/mol. The second-order valence-corrected chi connectivity index (χ2v) is 10.4. The van der Waals surface area contributed by atoms with E-state index in [0.717, 1.165) is 62.5 Å². The van der Waals surface area contributed by atoms with Gasteiger partial charge in [-0.3, -0.25) is 0 Å². The molecule has 3 saturated heterocycles. The fourth-order valence-electron chi connectivity index (χ4n) is 6.99. The minimum Gasteiger partial charge on any atom is -0.508 e. The second kappa shape index (κ2) is 7.14. The third-order valence-corrected chi connectivity index (χ3v) is 8.52. The number of phenols is 1. The molecule has 5 atom stereocenters. The second-order valence-electron chi connectivity index (χ2n) is 10.4. The zero-order chi connectivity index (χ0) is 21.4. The van der Waals surface area contributed by atoms with E-state index in [4.69, 9.17) is 28.4 Å². The van der Waals surface area contributed by atoms with Crippen molar-refractivity contribution in [3.05, 3.63) is 29.3 Å². The SMILES string of the molecule is Oc1cccc2c1CO[C@]21[C@@H]([C@H]2COC3(CCCCC3)O2)O[C@@H]2OC3(CCCCC3)O[C@@H]21. The van der Waals surface area contributed by atoms with Crippen molar-refractivity contribution in [3.63, 3.8) is 0 Å². The number of ether oxygens (including phenoxy) is 6. The highest BCUT2D eigenvalue weighted by atomic mass is 16.9. The lowest BCUT2D eigenvalue weighted by Gasteiger charge is -2.40. The van der Waals surface area contributed by atoms with Gasteiger partial charge in [-0.25, -0.2) is 0 Å². The third-order valence-electron chi connectivity index (χ3n) is 8.52. The Kier molecular flexibility index (Phi) is 4.50. The van der Waals surface area contributed by atoms with Crippen molar-refractivity contribution < 1.29 is 33.5 Å². The summed E-state index contributed by atoms with van der Waals surface area (Å²) in [7, 11) is 0. The van der Waals surface area contributed by atoms with Crippen LogP contribution in [0.25, 0.3) is 0 Å². The maximum absolute atomic E-state index is 10.6. The Labute approximate surface area is 188 Å². The van der Waals surface area contributed by atoms with Crippen LogP contribution < -0.4 is 0 Å². The molecule has 6 aliphatic rings. The first kappa shape index (κ1) is 20.2. The van der Waals surface area contributed by atoms with Gasteiger partial charge >= 0.3 is 0 Å². The fourth-order valence-corrected chi connectivity index (χ4v) is 6.99. The van der Waals surface area contributed by atoms with E-state index in [-0.39, 0.29) is 11.9 Å². The van der Waals surface area contributed by atoms with Gasteiger partial charge in [0.25, 0.3) is 0 Å². The first-order valence-electron chi connectivity index (χ1n) is 12.4. The normalized spacial score (nSPS) is 41.5. The number of aromatic hydroxyl groups is 1. The number of rotatable bonds is 1. The van der Waals surface area contributed by atoms with E-state index in [1.807, 2.05) is 12.1 Å². The molecule has 5 fully saturated rings. The molecule has 1 N–H and O–H groups in total. The molecule has 4 heterocycles. The Morgan fingerprint density at radius 2 is 1.53 bits per heavy atom. The summed E-state index contributed by atoms with van der Waals surface area (Å²) in [6.07, 6.45) is 8.84. The lowest BCUT2D eigenvalue weighted by Crippen LogP contribution is -2.52. The quantitative estimate of drug-likeness (QED) is 0.702. The van der Waals surface area contributed by atoms with Crippen molar-refractivity contribution in [3.8, 4) is 5.75 Å². The summed E-state index contributed by atoms with van der Waals surface area (Å²) in [6.45, 7) is 0.786. The molecule has 32 heavy (non-hydrogen) atoms. The van der Waals surface area contributed by atoms with Gasteiger partial charge in [0, 0.05) is 31.2 Å². The molecule has 0 bridgehead atoms. The molecule has 1 aromatic rings.